The lowest BCUT2D eigenvalue weighted by Gasteiger charge is -1.77. The Labute approximate surface area is 46.6 Å². The first-order valence-electron chi connectivity index (χ1n) is 2.02. The summed E-state index contributed by atoms with van der Waals surface area (Å²) in [6, 6.07) is 3.37. The lowest BCUT2D eigenvalue weighted by Crippen LogP contribution is -1.79. The van der Waals surface area contributed by atoms with E-state index in [9.17, 15) is 0 Å². The van der Waals surface area contributed by atoms with Crippen LogP contribution < -0.4 is 0 Å². The maximum atomic E-state index is 8.20. The van der Waals surface area contributed by atoms with Gasteiger partial charge in [-0.05, 0) is 6.07 Å². The van der Waals surface area contributed by atoms with Crippen molar-refractivity contribution >= 4 is 0 Å². The Balaban J connectivity index is 3.05. The summed E-state index contributed by atoms with van der Waals surface area (Å²) in [6.45, 7) is 0. The van der Waals surface area contributed by atoms with E-state index in [4.69, 9.17) is 5.26 Å². The van der Waals surface area contributed by atoms with Crippen LogP contribution in [0.1, 0.15) is 5.56 Å². The smallest absolute Gasteiger partial charge is 0.115 e. The minimum Gasteiger partial charge on any atom is -0.192 e. The zero-order chi connectivity index (χ0) is 5.82. The average Bonchev–Trinajstić information content (AvgIpc) is 1.90. The van der Waals surface area contributed by atoms with Crippen LogP contribution in [-0.2, 0) is 0 Å². The van der Waals surface area contributed by atoms with E-state index in [-0.39, 0.29) is 0 Å². The van der Waals surface area contributed by atoms with Crippen LogP contribution in [0, 0.1) is 17.5 Å². The lowest BCUT2D eigenvalue weighted by molar-refractivity contribution is 1.02. The van der Waals surface area contributed by atoms with Crippen LogP contribution in [0.4, 0.5) is 0 Å². The van der Waals surface area contributed by atoms with Gasteiger partial charge < -0.3 is 0 Å². The molecule has 0 saturated heterocycles. The summed E-state index contributed by atoms with van der Waals surface area (Å²) in [5, 5.41) is 15.0. The van der Waals surface area contributed by atoms with E-state index < -0.39 is 0 Å². The van der Waals surface area contributed by atoms with Crippen molar-refractivity contribution in [3.05, 3.63) is 24.0 Å². The first kappa shape index (κ1) is 4.72. The number of hydrogen-bond acceptors (Lipinski definition) is 3. The van der Waals surface area contributed by atoms with Gasteiger partial charge in [-0.15, -0.1) is 5.10 Å². The van der Waals surface area contributed by atoms with E-state index in [1.54, 1.807) is 0 Å². The molecule has 0 unspecified atom stereocenters. The first-order chi connectivity index (χ1) is 3.93. The molecule has 0 N–H and O–H groups in total. The summed E-state index contributed by atoms with van der Waals surface area (Å²) >= 11 is 0. The van der Waals surface area contributed by atoms with Gasteiger partial charge in [0.25, 0.3) is 0 Å². The predicted octanol–water partition coefficient (Wildman–Crippen LogP) is 0.148. The topological polar surface area (TPSA) is 49.6 Å². The third kappa shape index (κ3) is 0.793. The average molecular weight is 104 g/mol. The van der Waals surface area contributed by atoms with Crippen molar-refractivity contribution in [3.63, 3.8) is 0 Å². The van der Waals surface area contributed by atoms with Crippen LogP contribution >= 0.6 is 0 Å². The van der Waals surface area contributed by atoms with Crippen LogP contribution in [0.25, 0.3) is 0 Å². The number of nitrogens with zero attached hydrogens (tertiary/aromatic N) is 3. The highest BCUT2D eigenvalue weighted by molar-refractivity contribution is 5.21. The summed E-state index contributed by atoms with van der Waals surface area (Å²) in [6.07, 6.45) is 3.81. The van der Waals surface area contributed by atoms with Crippen molar-refractivity contribution in [1.82, 2.24) is 10.2 Å². The molecule has 1 rings (SSSR count). The zero-order valence-electron chi connectivity index (χ0n) is 4.00. The summed E-state index contributed by atoms with van der Waals surface area (Å²) < 4.78 is 0. The molecular formula is C5H2N3. The molecule has 0 bridgehead atoms. The number of nitriles is 1. The van der Waals surface area contributed by atoms with Gasteiger partial charge in [-0.2, -0.15) is 10.4 Å². The van der Waals surface area contributed by atoms with Gasteiger partial charge in [0.2, 0.25) is 0 Å². The minimum absolute atomic E-state index is 0.486. The van der Waals surface area contributed by atoms with Crippen molar-refractivity contribution in [2.24, 2.45) is 0 Å². The molecule has 0 atom stereocenters. The first-order valence-corrected chi connectivity index (χ1v) is 2.02. The lowest BCUT2D eigenvalue weighted by atomic mass is 10.4. The second-order valence-electron chi connectivity index (χ2n) is 1.19. The number of hydrogen-bond donors (Lipinski definition) is 0. The molecule has 0 fully saturated rings. The minimum atomic E-state index is 0.486. The van der Waals surface area contributed by atoms with Crippen LogP contribution in [-0.4, -0.2) is 10.2 Å². The molecule has 0 aliphatic rings. The van der Waals surface area contributed by atoms with Crippen LogP contribution in [0.3, 0.4) is 0 Å². The second kappa shape index (κ2) is 2.03. The van der Waals surface area contributed by atoms with E-state index in [1.165, 1.54) is 12.3 Å². The van der Waals surface area contributed by atoms with Gasteiger partial charge in [0, 0.05) is 0 Å². The molecule has 8 heavy (non-hydrogen) atoms. The summed E-state index contributed by atoms with van der Waals surface area (Å²) in [4.78, 5) is 0. The van der Waals surface area contributed by atoms with Crippen molar-refractivity contribution in [1.29, 1.82) is 5.26 Å². The van der Waals surface area contributed by atoms with Gasteiger partial charge in [-0.1, -0.05) is 0 Å². The molecule has 37 valence electrons. The predicted molar refractivity (Wildman–Crippen MR) is 25.6 cm³/mol. The van der Waals surface area contributed by atoms with E-state index in [0.717, 1.165) is 0 Å². The van der Waals surface area contributed by atoms with Gasteiger partial charge in [-0.25, -0.2) is 0 Å². The second-order valence-corrected chi connectivity index (χ2v) is 1.19. The molecule has 1 aromatic heterocycles. The highest BCUT2D eigenvalue weighted by Gasteiger charge is 1.82. The van der Waals surface area contributed by atoms with Gasteiger partial charge in [0.05, 0.1) is 11.8 Å². The largest absolute Gasteiger partial charge is 0.192 e. The van der Waals surface area contributed by atoms with Gasteiger partial charge >= 0.3 is 0 Å². The molecule has 0 spiro atoms. The SMILES string of the molecule is N#Cc1c[c]nnc1. The molecule has 0 aromatic carbocycles. The quantitative estimate of drug-likeness (QED) is 0.470. The fourth-order valence-electron chi connectivity index (χ4n) is 0.321. The molecule has 3 heteroatoms. The maximum Gasteiger partial charge on any atom is 0.115 e. The molecule has 1 aromatic rings. The number of rotatable bonds is 0. The summed E-state index contributed by atoms with van der Waals surface area (Å²) in [7, 11) is 0. The third-order valence-corrected chi connectivity index (χ3v) is 0.661. The third-order valence-electron chi connectivity index (χ3n) is 0.661. The molecule has 1 heterocycles. The van der Waals surface area contributed by atoms with Crippen molar-refractivity contribution in [2.75, 3.05) is 0 Å². The molecule has 0 aliphatic carbocycles. The van der Waals surface area contributed by atoms with Crippen molar-refractivity contribution in [2.45, 2.75) is 0 Å². The normalized spacial score (nSPS) is 7.88. The summed E-state index contributed by atoms with van der Waals surface area (Å²) in [5.74, 6) is 0. The Morgan fingerprint density at radius 1 is 1.75 bits per heavy atom. The van der Waals surface area contributed by atoms with E-state index in [1.807, 2.05) is 6.07 Å². The molecule has 0 aliphatic heterocycles. The number of aromatic nitrogens is 2. The molecule has 1 radical (unpaired) electrons. The van der Waals surface area contributed by atoms with E-state index in [2.05, 4.69) is 16.4 Å². The fourth-order valence-corrected chi connectivity index (χ4v) is 0.321. The van der Waals surface area contributed by atoms with E-state index >= 15 is 0 Å². The van der Waals surface area contributed by atoms with Gasteiger partial charge in [-0.3, -0.25) is 0 Å². The standard InChI is InChI=1S/C5H2N3/c6-3-5-1-2-7-8-4-5/h1,4H. The van der Waals surface area contributed by atoms with E-state index in [0.29, 0.717) is 5.56 Å². The Bertz CT molecular complexity index is 199. The summed E-state index contributed by atoms with van der Waals surface area (Å²) in [5.41, 5.74) is 0.486. The van der Waals surface area contributed by atoms with Crippen molar-refractivity contribution < 1.29 is 0 Å². The molecule has 0 saturated carbocycles. The Kier molecular flexibility index (Phi) is 1.20. The van der Waals surface area contributed by atoms with Crippen molar-refractivity contribution in [3.8, 4) is 6.07 Å². The van der Waals surface area contributed by atoms with Gasteiger partial charge in [0.15, 0.2) is 0 Å². The highest BCUT2D eigenvalue weighted by atomic mass is 15.1. The van der Waals surface area contributed by atoms with Crippen LogP contribution in [0.5, 0.6) is 0 Å². The monoisotopic (exact) mass is 104 g/mol. The Hall–Kier alpha value is -1.43. The molecular weight excluding hydrogens is 102 g/mol. The Morgan fingerprint density at radius 2 is 2.62 bits per heavy atom. The fraction of sp³-hybridized carbons (Fsp3) is 0. The maximum absolute atomic E-state index is 8.20. The molecule has 3 nitrogen and oxygen atoms in total. The highest BCUT2D eigenvalue weighted by Crippen LogP contribution is 1.86. The van der Waals surface area contributed by atoms with Crippen LogP contribution in [0.2, 0.25) is 0 Å². The zero-order valence-corrected chi connectivity index (χ0v) is 4.00. The van der Waals surface area contributed by atoms with Gasteiger partial charge in [0.1, 0.15) is 12.3 Å². The van der Waals surface area contributed by atoms with Crippen LogP contribution in [0.15, 0.2) is 12.3 Å². The molecule has 0 amide bonds. The Morgan fingerprint density at radius 3 is 3.00 bits per heavy atom.